The Kier molecular flexibility index (Phi) is 3.09. The number of aryl methyl sites for hydroxylation is 1. The number of hydrogen-bond acceptors (Lipinski definition) is 6. The molecule has 0 N–H and O–H groups in total. The minimum Gasteiger partial charge on any atom is -0.408 e. The van der Waals surface area contributed by atoms with Crippen LogP contribution in [0.5, 0.6) is 0 Å². The standard InChI is InChI=1S/C8H10ClN3O4S/c1-5-10-11-8(16-5)12-3-6(2-7(12)13)4-17(9,14)15/h6H,2-4H2,1H3. The van der Waals surface area contributed by atoms with Crippen LogP contribution in [-0.4, -0.2) is 36.8 Å². The van der Waals surface area contributed by atoms with Gasteiger partial charge < -0.3 is 4.42 Å². The number of carbonyl (C=O) groups excluding carboxylic acids is 1. The van der Waals surface area contributed by atoms with Crippen molar-refractivity contribution in [2.45, 2.75) is 13.3 Å². The maximum absolute atomic E-state index is 11.6. The van der Waals surface area contributed by atoms with Gasteiger partial charge in [0, 0.05) is 36.5 Å². The van der Waals surface area contributed by atoms with Gasteiger partial charge in [-0.1, -0.05) is 5.10 Å². The predicted octanol–water partition coefficient (Wildman–Crippen LogP) is 0.300. The van der Waals surface area contributed by atoms with Gasteiger partial charge in [0.25, 0.3) is 0 Å². The van der Waals surface area contributed by atoms with E-state index in [1.54, 1.807) is 6.92 Å². The van der Waals surface area contributed by atoms with Crippen molar-refractivity contribution in [3.63, 3.8) is 0 Å². The first-order chi connectivity index (χ1) is 7.85. The molecule has 7 nitrogen and oxygen atoms in total. The zero-order valence-corrected chi connectivity index (χ0v) is 10.5. The summed E-state index contributed by atoms with van der Waals surface area (Å²) in [6, 6.07) is 0.0990. The summed E-state index contributed by atoms with van der Waals surface area (Å²) in [6.07, 6.45) is 0.118. The van der Waals surface area contributed by atoms with Gasteiger partial charge in [-0.2, -0.15) is 0 Å². The summed E-state index contributed by atoms with van der Waals surface area (Å²) < 4.78 is 27.0. The molecule has 0 aliphatic carbocycles. The van der Waals surface area contributed by atoms with Crippen molar-refractivity contribution in [2.24, 2.45) is 5.92 Å². The van der Waals surface area contributed by atoms with E-state index in [0.717, 1.165) is 0 Å². The lowest BCUT2D eigenvalue weighted by atomic mass is 10.1. The van der Waals surface area contributed by atoms with Gasteiger partial charge in [-0.3, -0.25) is 9.69 Å². The highest BCUT2D eigenvalue weighted by Crippen LogP contribution is 2.25. The molecule has 1 unspecified atom stereocenters. The fourth-order valence-electron chi connectivity index (χ4n) is 1.75. The fraction of sp³-hybridized carbons (Fsp3) is 0.625. The summed E-state index contributed by atoms with van der Waals surface area (Å²) in [5, 5.41) is 7.33. The van der Waals surface area contributed by atoms with Crippen LogP contribution in [0.25, 0.3) is 0 Å². The van der Waals surface area contributed by atoms with Crippen LogP contribution >= 0.6 is 10.7 Å². The summed E-state index contributed by atoms with van der Waals surface area (Å²) in [6.45, 7) is 1.84. The summed E-state index contributed by atoms with van der Waals surface area (Å²) >= 11 is 0. The molecular formula is C8H10ClN3O4S. The largest absolute Gasteiger partial charge is 0.408 e. The van der Waals surface area contributed by atoms with Crippen molar-refractivity contribution in [1.29, 1.82) is 0 Å². The molecule has 17 heavy (non-hydrogen) atoms. The smallest absolute Gasteiger partial charge is 0.324 e. The van der Waals surface area contributed by atoms with Crippen molar-refractivity contribution in [3.8, 4) is 0 Å². The third-order valence-corrected chi connectivity index (χ3v) is 3.63. The van der Waals surface area contributed by atoms with Gasteiger partial charge in [-0.25, -0.2) is 8.42 Å². The highest BCUT2D eigenvalue weighted by atomic mass is 35.7. The SMILES string of the molecule is Cc1nnc(N2CC(CS(=O)(=O)Cl)CC2=O)o1. The lowest BCUT2D eigenvalue weighted by Gasteiger charge is -2.09. The van der Waals surface area contributed by atoms with E-state index in [4.69, 9.17) is 15.1 Å². The molecule has 0 spiro atoms. The second kappa shape index (κ2) is 4.26. The van der Waals surface area contributed by atoms with E-state index in [1.807, 2.05) is 0 Å². The van der Waals surface area contributed by atoms with Crippen molar-refractivity contribution >= 4 is 31.7 Å². The second-order valence-electron chi connectivity index (χ2n) is 3.88. The molecule has 1 fully saturated rings. The van der Waals surface area contributed by atoms with Gasteiger partial charge in [-0.15, -0.1) is 5.10 Å². The molecule has 1 saturated heterocycles. The van der Waals surface area contributed by atoms with Crippen molar-refractivity contribution in [2.75, 3.05) is 17.2 Å². The van der Waals surface area contributed by atoms with Crippen LogP contribution in [0.4, 0.5) is 6.01 Å². The minimum absolute atomic E-state index is 0.0990. The Morgan fingerprint density at radius 1 is 1.53 bits per heavy atom. The van der Waals surface area contributed by atoms with Gasteiger partial charge in [0.15, 0.2) is 0 Å². The van der Waals surface area contributed by atoms with Crippen molar-refractivity contribution < 1.29 is 17.6 Å². The number of halogens is 1. The molecule has 0 aromatic carbocycles. The third kappa shape index (κ3) is 2.95. The Balaban J connectivity index is 2.10. The van der Waals surface area contributed by atoms with Gasteiger partial charge in [0.05, 0.1) is 5.75 Å². The lowest BCUT2D eigenvalue weighted by Crippen LogP contribution is -2.25. The Labute approximate surface area is 102 Å². The van der Waals surface area contributed by atoms with E-state index in [1.165, 1.54) is 4.90 Å². The van der Waals surface area contributed by atoms with Crippen LogP contribution in [0.1, 0.15) is 12.3 Å². The molecule has 1 aromatic heterocycles. The Bertz CT molecular complexity index is 541. The van der Waals surface area contributed by atoms with Crippen LogP contribution in [0.3, 0.4) is 0 Å². The number of rotatable bonds is 3. The molecular weight excluding hydrogens is 270 g/mol. The molecule has 0 radical (unpaired) electrons. The normalized spacial score (nSPS) is 21.2. The van der Waals surface area contributed by atoms with E-state index < -0.39 is 9.05 Å². The minimum atomic E-state index is -3.60. The van der Waals surface area contributed by atoms with Gasteiger partial charge in [-0.05, 0) is 0 Å². The highest BCUT2D eigenvalue weighted by molar-refractivity contribution is 8.13. The topological polar surface area (TPSA) is 93.4 Å². The van der Waals surface area contributed by atoms with E-state index in [2.05, 4.69) is 10.2 Å². The number of nitrogens with zero attached hydrogens (tertiary/aromatic N) is 3. The van der Waals surface area contributed by atoms with Gasteiger partial charge in [0.1, 0.15) is 0 Å². The van der Waals surface area contributed by atoms with Gasteiger partial charge in [0.2, 0.25) is 20.8 Å². The first-order valence-electron chi connectivity index (χ1n) is 4.88. The highest BCUT2D eigenvalue weighted by Gasteiger charge is 2.35. The molecule has 9 heteroatoms. The Morgan fingerprint density at radius 2 is 2.24 bits per heavy atom. The summed E-state index contributed by atoms with van der Waals surface area (Å²) in [7, 11) is 1.55. The van der Waals surface area contributed by atoms with Crippen LogP contribution in [0.15, 0.2) is 4.42 Å². The number of amides is 1. The molecule has 1 amide bonds. The van der Waals surface area contributed by atoms with Crippen LogP contribution < -0.4 is 4.90 Å². The molecule has 2 heterocycles. The van der Waals surface area contributed by atoms with Crippen LogP contribution in [-0.2, 0) is 13.8 Å². The molecule has 94 valence electrons. The van der Waals surface area contributed by atoms with E-state index in [9.17, 15) is 13.2 Å². The molecule has 2 rings (SSSR count). The fourth-order valence-corrected chi connectivity index (χ4v) is 3.08. The van der Waals surface area contributed by atoms with Gasteiger partial charge >= 0.3 is 6.01 Å². The monoisotopic (exact) mass is 279 g/mol. The van der Waals surface area contributed by atoms with Crippen molar-refractivity contribution in [1.82, 2.24) is 10.2 Å². The first kappa shape index (κ1) is 12.3. The molecule has 1 aliphatic heterocycles. The molecule has 1 aliphatic rings. The van der Waals surface area contributed by atoms with Crippen molar-refractivity contribution in [3.05, 3.63) is 5.89 Å². The summed E-state index contributed by atoms with van der Waals surface area (Å²) in [4.78, 5) is 12.9. The van der Waals surface area contributed by atoms with E-state index in [0.29, 0.717) is 5.89 Å². The molecule has 0 saturated carbocycles. The lowest BCUT2D eigenvalue weighted by molar-refractivity contribution is -0.117. The zero-order chi connectivity index (χ0) is 12.6. The zero-order valence-electron chi connectivity index (χ0n) is 8.96. The van der Waals surface area contributed by atoms with E-state index in [-0.39, 0.29) is 36.6 Å². The number of hydrogen-bond donors (Lipinski definition) is 0. The predicted molar refractivity (Wildman–Crippen MR) is 59.1 cm³/mol. The average Bonchev–Trinajstić information content (AvgIpc) is 2.70. The number of anilines is 1. The third-order valence-electron chi connectivity index (χ3n) is 2.39. The average molecular weight is 280 g/mol. The number of aromatic nitrogens is 2. The molecule has 1 atom stereocenters. The summed E-state index contributed by atoms with van der Waals surface area (Å²) in [5.41, 5.74) is 0. The van der Waals surface area contributed by atoms with E-state index >= 15 is 0 Å². The second-order valence-corrected chi connectivity index (χ2v) is 6.71. The van der Waals surface area contributed by atoms with Crippen LogP contribution in [0, 0.1) is 12.8 Å². The Morgan fingerprint density at radius 3 is 2.76 bits per heavy atom. The Hall–Kier alpha value is -1.15. The molecule has 0 bridgehead atoms. The summed E-state index contributed by atoms with van der Waals surface area (Å²) in [5.74, 6) is -0.457. The maximum atomic E-state index is 11.6. The quantitative estimate of drug-likeness (QED) is 0.739. The first-order valence-corrected chi connectivity index (χ1v) is 7.36. The van der Waals surface area contributed by atoms with Crippen LogP contribution in [0.2, 0.25) is 0 Å². The maximum Gasteiger partial charge on any atom is 0.324 e. The molecule has 1 aromatic rings. The number of carbonyl (C=O) groups is 1.